The van der Waals surface area contributed by atoms with Gasteiger partial charge in [-0.3, -0.25) is 0 Å². The van der Waals surface area contributed by atoms with Gasteiger partial charge in [0.05, 0.1) is 13.2 Å². The van der Waals surface area contributed by atoms with Gasteiger partial charge in [0, 0.05) is 18.2 Å². The second-order valence-electron chi connectivity index (χ2n) is 4.44. The third-order valence-corrected chi connectivity index (χ3v) is 3.37. The van der Waals surface area contributed by atoms with Crippen LogP contribution in [0.5, 0.6) is 5.75 Å². The molecule has 1 aromatic heterocycles. The fraction of sp³-hybridized carbons (Fsp3) is 0.286. The summed E-state index contributed by atoms with van der Waals surface area (Å²) in [7, 11) is 1.67. The van der Waals surface area contributed by atoms with E-state index in [2.05, 4.69) is 16.5 Å². The maximum Gasteiger partial charge on any atom is 0.164 e. The fourth-order valence-corrected chi connectivity index (χ4v) is 2.51. The van der Waals surface area contributed by atoms with Gasteiger partial charge in [-0.25, -0.2) is 4.68 Å². The van der Waals surface area contributed by atoms with Crippen molar-refractivity contribution in [2.75, 3.05) is 19.0 Å². The van der Waals surface area contributed by atoms with Crippen LogP contribution in [-0.2, 0) is 0 Å². The second kappa shape index (κ2) is 4.65. The number of hydrogen-bond donors (Lipinski definition) is 1. The number of benzene rings is 1. The minimum absolute atomic E-state index is 0.106. The van der Waals surface area contributed by atoms with Crippen molar-refractivity contribution in [3.63, 3.8) is 0 Å². The van der Waals surface area contributed by atoms with Gasteiger partial charge in [-0.1, -0.05) is 18.2 Å². The number of nitrogens with zero attached hydrogens (tertiary/aromatic N) is 3. The lowest BCUT2D eigenvalue weighted by atomic mass is 10.0. The van der Waals surface area contributed by atoms with Gasteiger partial charge in [0.2, 0.25) is 0 Å². The predicted molar refractivity (Wildman–Crippen MR) is 71.2 cm³/mol. The van der Waals surface area contributed by atoms with Crippen molar-refractivity contribution in [3.8, 4) is 11.8 Å². The quantitative estimate of drug-likeness (QED) is 0.892. The molecule has 0 aliphatic carbocycles. The zero-order valence-electron chi connectivity index (χ0n) is 10.6. The molecule has 0 radical (unpaired) electrons. The number of rotatable bonds is 2. The molecule has 0 saturated heterocycles. The van der Waals surface area contributed by atoms with Gasteiger partial charge < -0.3 is 10.1 Å². The molecule has 1 N–H and O–H groups in total. The molecule has 2 aromatic rings. The molecule has 0 bridgehead atoms. The smallest absolute Gasteiger partial charge is 0.164 e. The molecule has 1 aliphatic rings. The van der Waals surface area contributed by atoms with E-state index in [1.807, 2.05) is 28.9 Å². The molecule has 1 unspecified atom stereocenters. The number of ether oxygens (including phenoxy) is 1. The van der Waals surface area contributed by atoms with E-state index < -0.39 is 0 Å². The first-order valence-corrected chi connectivity index (χ1v) is 6.20. The number of anilines is 1. The number of methoxy groups -OCH3 is 1. The Kier molecular flexibility index (Phi) is 2.84. The first-order valence-electron chi connectivity index (χ1n) is 6.20. The summed E-state index contributed by atoms with van der Waals surface area (Å²) in [6.45, 7) is 0.860. The summed E-state index contributed by atoms with van der Waals surface area (Å²) >= 11 is 0. The molecule has 96 valence electrons. The standard InChI is InChI=1S/C14H14N4O/c1-19-13-5-3-2-4-11(13)12-6-7-16-14-8-10(9-15)17-18(12)14/h2-5,8,12,16H,6-7H2,1H3. The summed E-state index contributed by atoms with van der Waals surface area (Å²) in [5.74, 6) is 1.74. The lowest BCUT2D eigenvalue weighted by Crippen LogP contribution is -2.24. The van der Waals surface area contributed by atoms with Crippen LogP contribution in [0.1, 0.15) is 23.7 Å². The minimum Gasteiger partial charge on any atom is -0.496 e. The molecule has 19 heavy (non-hydrogen) atoms. The molecule has 0 saturated carbocycles. The Bertz CT molecular complexity index is 641. The van der Waals surface area contributed by atoms with Crippen LogP contribution in [0.4, 0.5) is 5.82 Å². The van der Waals surface area contributed by atoms with E-state index in [1.54, 1.807) is 13.2 Å². The third-order valence-electron chi connectivity index (χ3n) is 3.37. The van der Waals surface area contributed by atoms with Crippen LogP contribution in [0.2, 0.25) is 0 Å². The van der Waals surface area contributed by atoms with Crippen molar-refractivity contribution in [2.45, 2.75) is 12.5 Å². The maximum atomic E-state index is 8.97. The van der Waals surface area contributed by atoms with Gasteiger partial charge in [0.15, 0.2) is 5.69 Å². The molecular weight excluding hydrogens is 240 g/mol. The molecule has 1 aliphatic heterocycles. The van der Waals surface area contributed by atoms with E-state index in [-0.39, 0.29) is 6.04 Å². The minimum atomic E-state index is 0.106. The second-order valence-corrected chi connectivity index (χ2v) is 4.44. The Morgan fingerprint density at radius 2 is 2.32 bits per heavy atom. The van der Waals surface area contributed by atoms with Gasteiger partial charge in [0.1, 0.15) is 17.6 Å². The van der Waals surface area contributed by atoms with Crippen LogP contribution < -0.4 is 10.1 Å². The van der Waals surface area contributed by atoms with Crippen LogP contribution in [0.25, 0.3) is 0 Å². The fourth-order valence-electron chi connectivity index (χ4n) is 2.51. The molecule has 1 atom stereocenters. The molecular formula is C14H14N4O. The van der Waals surface area contributed by atoms with Crippen LogP contribution in [0.3, 0.4) is 0 Å². The van der Waals surface area contributed by atoms with Crippen LogP contribution >= 0.6 is 0 Å². The number of aromatic nitrogens is 2. The Hall–Kier alpha value is -2.48. The maximum absolute atomic E-state index is 8.97. The molecule has 0 fully saturated rings. The summed E-state index contributed by atoms with van der Waals surface area (Å²) < 4.78 is 7.30. The van der Waals surface area contributed by atoms with E-state index in [0.29, 0.717) is 5.69 Å². The Morgan fingerprint density at radius 3 is 3.11 bits per heavy atom. The highest BCUT2D eigenvalue weighted by molar-refractivity contribution is 5.46. The number of nitriles is 1. The van der Waals surface area contributed by atoms with Gasteiger partial charge in [-0.2, -0.15) is 10.4 Å². The summed E-state index contributed by atoms with van der Waals surface area (Å²) in [4.78, 5) is 0. The number of fused-ring (bicyclic) bond motifs is 1. The van der Waals surface area contributed by atoms with Crippen molar-refractivity contribution < 1.29 is 4.74 Å². The Morgan fingerprint density at radius 1 is 1.47 bits per heavy atom. The SMILES string of the molecule is COc1ccccc1C1CCNc2cc(C#N)nn21. The molecule has 5 heteroatoms. The largest absolute Gasteiger partial charge is 0.496 e. The lowest BCUT2D eigenvalue weighted by molar-refractivity contribution is 0.391. The van der Waals surface area contributed by atoms with Crippen LogP contribution in [-0.4, -0.2) is 23.4 Å². The average Bonchev–Trinajstić information content (AvgIpc) is 2.90. The number of nitrogens with one attached hydrogen (secondary N) is 1. The number of para-hydroxylation sites is 1. The number of hydrogen-bond acceptors (Lipinski definition) is 4. The highest BCUT2D eigenvalue weighted by Gasteiger charge is 2.25. The first-order chi connectivity index (χ1) is 9.33. The molecule has 0 amide bonds. The average molecular weight is 254 g/mol. The molecule has 0 spiro atoms. The highest BCUT2D eigenvalue weighted by atomic mass is 16.5. The molecule has 2 heterocycles. The molecule has 1 aromatic carbocycles. The zero-order valence-corrected chi connectivity index (χ0v) is 10.6. The Labute approximate surface area is 111 Å². The third kappa shape index (κ3) is 1.91. The van der Waals surface area contributed by atoms with E-state index in [4.69, 9.17) is 10.00 Å². The van der Waals surface area contributed by atoms with Crippen molar-refractivity contribution in [1.29, 1.82) is 5.26 Å². The summed E-state index contributed by atoms with van der Waals surface area (Å²) in [6.07, 6.45) is 0.917. The molecule has 5 nitrogen and oxygen atoms in total. The van der Waals surface area contributed by atoms with E-state index in [9.17, 15) is 0 Å². The Balaban J connectivity index is 2.08. The van der Waals surface area contributed by atoms with Crippen molar-refractivity contribution in [2.24, 2.45) is 0 Å². The normalized spacial score (nSPS) is 17.2. The predicted octanol–water partition coefficient (Wildman–Crippen LogP) is 2.17. The summed E-state index contributed by atoms with van der Waals surface area (Å²) in [5.41, 5.74) is 1.53. The lowest BCUT2D eigenvalue weighted by Gasteiger charge is -2.27. The van der Waals surface area contributed by atoms with Crippen molar-refractivity contribution in [1.82, 2.24) is 9.78 Å². The highest BCUT2D eigenvalue weighted by Crippen LogP contribution is 2.34. The topological polar surface area (TPSA) is 62.9 Å². The van der Waals surface area contributed by atoms with E-state index >= 15 is 0 Å². The van der Waals surface area contributed by atoms with Gasteiger partial charge in [-0.05, 0) is 12.5 Å². The van der Waals surface area contributed by atoms with Crippen molar-refractivity contribution in [3.05, 3.63) is 41.6 Å². The van der Waals surface area contributed by atoms with Crippen LogP contribution in [0, 0.1) is 11.3 Å². The zero-order chi connectivity index (χ0) is 13.2. The van der Waals surface area contributed by atoms with Crippen LogP contribution in [0.15, 0.2) is 30.3 Å². The molecule has 3 rings (SSSR count). The van der Waals surface area contributed by atoms with Crippen molar-refractivity contribution >= 4 is 5.82 Å². The summed E-state index contributed by atoms with van der Waals surface area (Å²) in [5, 5.41) is 16.6. The first kappa shape index (κ1) is 11.6. The summed E-state index contributed by atoms with van der Waals surface area (Å²) in [6, 6.07) is 11.9. The van der Waals surface area contributed by atoms with Gasteiger partial charge >= 0.3 is 0 Å². The monoisotopic (exact) mass is 254 g/mol. The van der Waals surface area contributed by atoms with E-state index in [1.165, 1.54) is 0 Å². The van der Waals surface area contributed by atoms with Gasteiger partial charge in [0.25, 0.3) is 0 Å². The van der Waals surface area contributed by atoms with Gasteiger partial charge in [-0.15, -0.1) is 0 Å². The van der Waals surface area contributed by atoms with E-state index in [0.717, 1.165) is 30.1 Å².